The SMILES string of the molecule is OCCOc1cccc(-c2cscn2)c1. The van der Waals surface area contributed by atoms with Gasteiger partial charge >= 0.3 is 0 Å². The zero-order chi connectivity index (χ0) is 10.5. The Morgan fingerprint density at radius 1 is 1.40 bits per heavy atom. The van der Waals surface area contributed by atoms with Crippen molar-refractivity contribution in [1.29, 1.82) is 0 Å². The molecule has 1 heterocycles. The molecule has 0 spiro atoms. The van der Waals surface area contributed by atoms with Crippen LogP contribution in [0.3, 0.4) is 0 Å². The van der Waals surface area contributed by atoms with Crippen LogP contribution >= 0.6 is 11.3 Å². The van der Waals surface area contributed by atoms with Crippen LogP contribution in [0, 0.1) is 0 Å². The fourth-order valence-electron chi connectivity index (χ4n) is 1.26. The minimum Gasteiger partial charge on any atom is -0.491 e. The number of ether oxygens (including phenoxy) is 1. The van der Waals surface area contributed by atoms with Crippen molar-refractivity contribution in [3.8, 4) is 17.0 Å². The van der Waals surface area contributed by atoms with Gasteiger partial charge in [0, 0.05) is 10.9 Å². The van der Waals surface area contributed by atoms with Crippen LogP contribution < -0.4 is 4.74 Å². The quantitative estimate of drug-likeness (QED) is 0.860. The van der Waals surface area contributed by atoms with E-state index in [2.05, 4.69) is 4.98 Å². The average molecular weight is 221 g/mol. The first-order chi connectivity index (χ1) is 7.40. The second-order valence-electron chi connectivity index (χ2n) is 2.97. The van der Waals surface area contributed by atoms with Gasteiger partial charge in [-0.2, -0.15) is 0 Å². The molecular formula is C11H11NO2S. The molecular weight excluding hydrogens is 210 g/mol. The molecule has 3 nitrogen and oxygen atoms in total. The monoisotopic (exact) mass is 221 g/mol. The van der Waals surface area contributed by atoms with E-state index in [0.29, 0.717) is 6.61 Å². The van der Waals surface area contributed by atoms with Crippen LogP contribution in [-0.2, 0) is 0 Å². The Morgan fingerprint density at radius 2 is 2.33 bits per heavy atom. The number of rotatable bonds is 4. The van der Waals surface area contributed by atoms with Gasteiger partial charge in [-0.15, -0.1) is 11.3 Å². The molecule has 0 fully saturated rings. The number of aliphatic hydroxyl groups excluding tert-OH is 1. The molecule has 4 heteroatoms. The number of aliphatic hydroxyl groups is 1. The van der Waals surface area contributed by atoms with Gasteiger partial charge in [0.15, 0.2) is 0 Å². The van der Waals surface area contributed by atoms with Crippen LogP contribution in [0.1, 0.15) is 0 Å². The molecule has 1 N–H and O–H groups in total. The third kappa shape index (κ3) is 2.55. The molecule has 2 rings (SSSR count). The molecule has 2 aromatic rings. The molecule has 0 bridgehead atoms. The highest BCUT2D eigenvalue weighted by atomic mass is 32.1. The smallest absolute Gasteiger partial charge is 0.120 e. The molecule has 0 atom stereocenters. The lowest BCUT2D eigenvalue weighted by molar-refractivity contribution is 0.201. The molecule has 0 saturated heterocycles. The van der Waals surface area contributed by atoms with Crippen molar-refractivity contribution in [1.82, 2.24) is 4.98 Å². The van der Waals surface area contributed by atoms with Gasteiger partial charge in [-0.1, -0.05) is 12.1 Å². The Hall–Kier alpha value is -1.39. The zero-order valence-corrected chi connectivity index (χ0v) is 8.91. The van der Waals surface area contributed by atoms with Crippen molar-refractivity contribution >= 4 is 11.3 Å². The van der Waals surface area contributed by atoms with Crippen molar-refractivity contribution < 1.29 is 9.84 Å². The van der Waals surface area contributed by atoms with Crippen molar-refractivity contribution in [2.24, 2.45) is 0 Å². The molecule has 0 aliphatic rings. The molecule has 1 aromatic carbocycles. The summed E-state index contributed by atoms with van der Waals surface area (Å²) in [5.41, 5.74) is 3.79. The number of hydrogen-bond acceptors (Lipinski definition) is 4. The number of thiazole rings is 1. The van der Waals surface area contributed by atoms with Crippen molar-refractivity contribution in [3.05, 3.63) is 35.2 Å². The Kier molecular flexibility index (Phi) is 3.32. The largest absolute Gasteiger partial charge is 0.491 e. The summed E-state index contributed by atoms with van der Waals surface area (Å²) in [5.74, 6) is 0.759. The lowest BCUT2D eigenvalue weighted by Gasteiger charge is -2.05. The topological polar surface area (TPSA) is 42.4 Å². The molecule has 0 aliphatic carbocycles. The van der Waals surface area contributed by atoms with E-state index in [4.69, 9.17) is 9.84 Å². The minimum absolute atomic E-state index is 0.0287. The van der Waals surface area contributed by atoms with Gasteiger partial charge in [0.25, 0.3) is 0 Å². The van der Waals surface area contributed by atoms with Gasteiger partial charge in [-0.3, -0.25) is 0 Å². The first-order valence-electron chi connectivity index (χ1n) is 4.62. The van der Waals surface area contributed by atoms with E-state index in [1.807, 2.05) is 29.6 Å². The Morgan fingerprint density at radius 3 is 3.07 bits per heavy atom. The van der Waals surface area contributed by atoms with Crippen molar-refractivity contribution in [2.45, 2.75) is 0 Å². The number of aromatic nitrogens is 1. The number of benzene rings is 1. The fourth-order valence-corrected chi connectivity index (χ4v) is 1.82. The molecule has 0 radical (unpaired) electrons. The third-order valence-corrected chi connectivity index (χ3v) is 2.51. The van der Waals surface area contributed by atoms with Crippen LogP contribution in [0.25, 0.3) is 11.3 Å². The lowest BCUT2D eigenvalue weighted by Crippen LogP contribution is -2.01. The predicted molar refractivity (Wildman–Crippen MR) is 60.1 cm³/mol. The minimum atomic E-state index is 0.0287. The van der Waals surface area contributed by atoms with E-state index >= 15 is 0 Å². The molecule has 1 aromatic heterocycles. The first-order valence-corrected chi connectivity index (χ1v) is 5.57. The van der Waals surface area contributed by atoms with Crippen LogP contribution in [-0.4, -0.2) is 23.3 Å². The molecule has 0 saturated carbocycles. The summed E-state index contributed by atoms with van der Waals surface area (Å²) < 4.78 is 5.32. The van der Waals surface area contributed by atoms with E-state index in [0.717, 1.165) is 17.0 Å². The van der Waals surface area contributed by atoms with E-state index in [9.17, 15) is 0 Å². The molecule has 15 heavy (non-hydrogen) atoms. The fraction of sp³-hybridized carbons (Fsp3) is 0.182. The lowest BCUT2D eigenvalue weighted by atomic mass is 10.2. The summed E-state index contributed by atoms with van der Waals surface area (Å²) >= 11 is 1.57. The molecule has 78 valence electrons. The number of nitrogens with zero attached hydrogens (tertiary/aromatic N) is 1. The maximum atomic E-state index is 8.65. The summed E-state index contributed by atoms with van der Waals surface area (Å²) in [4.78, 5) is 4.22. The first kappa shape index (κ1) is 10.1. The van der Waals surface area contributed by atoms with Crippen LogP contribution in [0.15, 0.2) is 35.2 Å². The summed E-state index contributed by atoms with van der Waals surface area (Å²) in [6.45, 7) is 0.349. The molecule has 0 unspecified atom stereocenters. The Balaban J connectivity index is 2.19. The summed E-state index contributed by atoms with van der Waals surface area (Å²) in [6, 6.07) is 7.69. The Bertz CT molecular complexity index is 414. The van der Waals surface area contributed by atoms with Crippen LogP contribution in [0.4, 0.5) is 0 Å². The van der Waals surface area contributed by atoms with E-state index in [1.165, 1.54) is 0 Å². The third-order valence-electron chi connectivity index (χ3n) is 1.92. The summed E-state index contributed by atoms with van der Waals surface area (Å²) in [7, 11) is 0. The maximum absolute atomic E-state index is 8.65. The van der Waals surface area contributed by atoms with Gasteiger partial charge in [0.2, 0.25) is 0 Å². The molecule has 0 amide bonds. The highest BCUT2D eigenvalue weighted by molar-refractivity contribution is 7.07. The van der Waals surface area contributed by atoms with Crippen molar-refractivity contribution in [3.63, 3.8) is 0 Å². The normalized spacial score (nSPS) is 10.2. The van der Waals surface area contributed by atoms with Gasteiger partial charge in [0.1, 0.15) is 12.4 Å². The zero-order valence-electron chi connectivity index (χ0n) is 8.09. The van der Waals surface area contributed by atoms with Crippen LogP contribution in [0.2, 0.25) is 0 Å². The van der Waals surface area contributed by atoms with Crippen LogP contribution in [0.5, 0.6) is 5.75 Å². The average Bonchev–Trinajstić information content (AvgIpc) is 2.80. The summed E-state index contributed by atoms with van der Waals surface area (Å²) in [5, 5.41) is 10.6. The predicted octanol–water partition coefficient (Wildman–Crippen LogP) is 2.18. The van der Waals surface area contributed by atoms with Gasteiger partial charge < -0.3 is 9.84 Å². The highest BCUT2D eigenvalue weighted by Gasteiger charge is 2.01. The van der Waals surface area contributed by atoms with E-state index < -0.39 is 0 Å². The van der Waals surface area contributed by atoms with E-state index in [1.54, 1.807) is 16.8 Å². The Labute approximate surface area is 92.0 Å². The standard InChI is InChI=1S/C11H11NO2S/c13-4-5-14-10-3-1-2-9(6-10)11-7-15-8-12-11/h1-3,6-8,13H,4-5H2. The van der Waals surface area contributed by atoms with E-state index in [-0.39, 0.29) is 6.61 Å². The second-order valence-corrected chi connectivity index (χ2v) is 3.69. The van der Waals surface area contributed by atoms with Crippen molar-refractivity contribution in [2.75, 3.05) is 13.2 Å². The molecule has 0 aliphatic heterocycles. The summed E-state index contributed by atoms with van der Waals surface area (Å²) in [6.07, 6.45) is 0. The van der Waals surface area contributed by atoms with Gasteiger partial charge in [-0.25, -0.2) is 4.98 Å². The van der Waals surface area contributed by atoms with Gasteiger partial charge in [-0.05, 0) is 12.1 Å². The second kappa shape index (κ2) is 4.91. The maximum Gasteiger partial charge on any atom is 0.120 e. The van der Waals surface area contributed by atoms with Gasteiger partial charge in [0.05, 0.1) is 17.8 Å². The highest BCUT2D eigenvalue weighted by Crippen LogP contribution is 2.23. The number of hydrogen-bond donors (Lipinski definition) is 1.